The van der Waals surface area contributed by atoms with Gasteiger partial charge in [0.05, 0.1) is 22.1 Å². The summed E-state index contributed by atoms with van der Waals surface area (Å²) < 4.78 is 75.9. The number of anilines is 2. The molecule has 2 aromatic carbocycles. The van der Waals surface area contributed by atoms with Crippen LogP contribution in [0.2, 0.25) is 0 Å². The normalized spacial score (nSPS) is 14.3. The third kappa shape index (κ3) is 10.4. The zero-order valence-corrected chi connectivity index (χ0v) is 29.2. The number of thioether (sulfide) groups is 1. The highest BCUT2D eigenvalue weighted by atomic mass is 32.2. The lowest BCUT2D eigenvalue weighted by Gasteiger charge is -2.31. The predicted molar refractivity (Wildman–Crippen MR) is 179 cm³/mol. The van der Waals surface area contributed by atoms with Crippen molar-refractivity contribution in [1.82, 2.24) is 19.8 Å². The Morgan fingerprint density at radius 2 is 1.84 bits per heavy atom. The molecule has 1 aromatic heterocycles. The number of nitro groups is 1. The summed E-state index contributed by atoms with van der Waals surface area (Å²) in [7, 11) is -0.882. The van der Waals surface area contributed by atoms with Crippen LogP contribution in [0.25, 0.3) is 0 Å². The Balaban J connectivity index is 1.62. The number of fused-ring (bicyclic) bond motifs is 1. The lowest BCUT2D eigenvalue weighted by molar-refractivity contribution is -0.384. The second kappa shape index (κ2) is 15.2. The average molecular weight is 726 g/mol. The van der Waals surface area contributed by atoms with Gasteiger partial charge in [0.1, 0.15) is 17.1 Å². The third-order valence-electron chi connectivity index (χ3n) is 7.16. The van der Waals surface area contributed by atoms with Gasteiger partial charge in [-0.1, -0.05) is 18.2 Å². The second-order valence-electron chi connectivity index (χ2n) is 12.6. The van der Waals surface area contributed by atoms with E-state index >= 15 is 0 Å². The summed E-state index contributed by atoms with van der Waals surface area (Å²) in [5.41, 5.74) is -1.45. The van der Waals surface area contributed by atoms with Crippen molar-refractivity contribution in [2.24, 2.45) is 0 Å². The molecule has 3 aromatic rings. The highest BCUT2D eigenvalue weighted by Gasteiger charge is 2.39. The highest BCUT2D eigenvalue weighted by Crippen LogP contribution is 2.34. The molecule has 0 bridgehead atoms. The lowest BCUT2D eigenvalue weighted by Crippen LogP contribution is -2.41. The minimum absolute atomic E-state index is 0.00521. The van der Waals surface area contributed by atoms with Crippen LogP contribution in [-0.4, -0.2) is 83.8 Å². The van der Waals surface area contributed by atoms with Gasteiger partial charge in [-0.05, 0) is 78.5 Å². The van der Waals surface area contributed by atoms with E-state index in [-0.39, 0.29) is 42.5 Å². The van der Waals surface area contributed by atoms with E-state index in [2.05, 4.69) is 20.0 Å². The van der Waals surface area contributed by atoms with Crippen LogP contribution in [-0.2, 0) is 33.9 Å². The van der Waals surface area contributed by atoms with Gasteiger partial charge in [0.15, 0.2) is 0 Å². The van der Waals surface area contributed by atoms with Gasteiger partial charge in [0.25, 0.3) is 15.7 Å². The van der Waals surface area contributed by atoms with Crippen molar-refractivity contribution >= 4 is 45.1 Å². The number of alkyl halides is 3. The maximum absolute atomic E-state index is 13.8. The van der Waals surface area contributed by atoms with Crippen molar-refractivity contribution in [3.8, 4) is 0 Å². The van der Waals surface area contributed by atoms with E-state index in [0.717, 1.165) is 21.9 Å². The van der Waals surface area contributed by atoms with Crippen LogP contribution in [0.3, 0.4) is 0 Å². The highest BCUT2D eigenvalue weighted by molar-refractivity contribution is 7.99. The van der Waals surface area contributed by atoms with Crippen molar-refractivity contribution in [2.45, 2.75) is 67.8 Å². The topological polar surface area (TPSA) is 160 Å². The number of sulfonamides is 1. The number of carbonyl (C=O) groups excluding carboxylic acids is 1. The molecule has 4 rings (SSSR count). The molecule has 266 valence electrons. The summed E-state index contributed by atoms with van der Waals surface area (Å²) in [6.07, 6.45) is -5.27. The molecule has 0 unspecified atom stereocenters. The Labute approximate surface area is 286 Å². The van der Waals surface area contributed by atoms with Gasteiger partial charge in [0.2, 0.25) is 5.82 Å². The van der Waals surface area contributed by atoms with Crippen molar-refractivity contribution in [3.05, 3.63) is 75.7 Å². The zero-order chi connectivity index (χ0) is 36.1. The monoisotopic (exact) mass is 725 g/mol. The van der Waals surface area contributed by atoms with Crippen LogP contribution in [0.4, 0.5) is 35.2 Å². The summed E-state index contributed by atoms with van der Waals surface area (Å²) >= 11 is 1.56. The fourth-order valence-electron chi connectivity index (χ4n) is 4.81. The molecule has 0 fully saturated rings. The van der Waals surface area contributed by atoms with Crippen LogP contribution in [0.1, 0.15) is 44.3 Å². The number of hydrogen-bond acceptors (Lipinski definition) is 11. The predicted octanol–water partition coefficient (Wildman–Crippen LogP) is 6.02. The molecule has 0 radical (unpaired) electrons. The first-order chi connectivity index (χ1) is 22.8. The molecule has 49 heavy (non-hydrogen) atoms. The van der Waals surface area contributed by atoms with Crippen LogP contribution < -0.4 is 10.0 Å². The molecular formula is C31H38F3N7O6S2. The van der Waals surface area contributed by atoms with Crippen LogP contribution in [0.5, 0.6) is 0 Å². The van der Waals surface area contributed by atoms with Crippen LogP contribution >= 0.6 is 11.8 Å². The molecular weight excluding hydrogens is 688 g/mol. The molecule has 0 aliphatic carbocycles. The number of amides is 1. The van der Waals surface area contributed by atoms with Gasteiger partial charge in [-0.15, -0.1) is 11.8 Å². The quantitative estimate of drug-likeness (QED) is 0.128. The number of nitrogens with one attached hydrogen (secondary N) is 2. The molecule has 1 aliphatic heterocycles. The smallest absolute Gasteiger partial charge is 0.444 e. The Hall–Kier alpha value is -4.16. The van der Waals surface area contributed by atoms with Crippen LogP contribution in [0, 0.1) is 10.1 Å². The van der Waals surface area contributed by atoms with Gasteiger partial charge in [-0.25, -0.2) is 23.2 Å². The third-order valence-corrected chi connectivity index (χ3v) is 9.67. The number of halogens is 3. The first-order valence-corrected chi connectivity index (χ1v) is 17.6. The first kappa shape index (κ1) is 37.7. The molecule has 0 saturated heterocycles. The Kier molecular flexibility index (Phi) is 11.7. The Morgan fingerprint density at radius 1 is 1.14 bits per heavy atom. The number of nitrogens with zero attached hydrogens (tertiary/aromatic N) is 5. The molecule has 0 spiro atoms. The minimum Gasteiger partial charge on any atom is -0.444 e. The summed E-state index contributed by atoms with van der Waals surface area (Å²) in [5.74, 6) is -1.69. The number of rotatable bonds is 12. The number of hydrogen-bond donors (Lipinski definition) is 2. The first-order valence-electron chi connectivity index (χ1n) is 15.2. The van der Waals surface area contributed by atoms with E-state index in [1.165, 1.54) is 6.07 Å². The number of benzene rings is 2. The Bertz CT molecular complexity index is 1770. The summed E-state index contributed by atoms with van der Waals surface area (Å²) in [5, 5.41) is 15.3. The average Bonchev–Trinajstić information content (AvgIpc) is 3.01. The summed E-state index contributed by atoms with van der Waals surface area (Å²) in [6, 6.07) is 12.6. The summed E-state index contributed by atoms with van der Waals surface area (Å²) in [6.45, 7) is 5.21. The standard InChI is InChI=1S/C31H38F3N7O6S2/c1-30(2,3)47-29(42)40-16-14-23-25(18-40)36-28(31(32,33)34)37-27(23)38-49(45,46)22-11-12-24(26(17-22)41(43)44)35-20(13-15-39(4)5)19-48-21-9-7-6-8-10-21/h6-12,17,20,35H,13-16,18-19H2,1-5H3,(H,36,37,38)/t20-/m1/s1. The molecule has 2 N–H and O–H groups in total. The molecule has 0 saturated carbocycles. The molecule has 13 nitrogen and oxygen atoms in total. The van der Waals surface area contributed by atoms with E-state index in [1.54, 1.807) is 32.5 Å². The van der Waals surface area contributed by atoms with Gasteiger partial charge in [-0.3, -0.25) is 14.8 Å². The van der Waals surface area contributed by atoms with E-state index in [4.69, 9.17) is 4.74 Å². The van der Waals surface area contributed by atoms with E-state index in [1.807, 2.05) is 49.3 Å². The maximum atomic E-state index is 13.8. The van der Waals surface area contributed by atoms with Gasteiger partial charge < -0.3 is 19.9 Å². The molecule has 1 amide bonds. The molecule has 1 aliphatic rings. The molecule has 18 heteroatoms. The van der Waals surface area contributed by atoms with Crippen molar-refractivity contribution in [1.29, 1.82) is 0 Å². The van der Waals surface area contributed by atoms with Crippen LogP contribution in [0.15, 0.2) is 58.3 Å². The van der Waals surface area contributed by atoms with Crippen molar-refractivity contribution in [3.63, 3.8) is 0 Å². The van der Waals surface area contributed by atoms with E-state index in [9.17, 15) is 36.5 Å². The van der Waals surface area contributed by atoms with Gasteiger partial charge in [0, 0.05) is 34.9 Å². The summed E-state index contributed by atoms with van der Waals surface area (Å²) in [4.78, 5) is 34.7. The van der Waals surface area contributed by atoms with Crippen molar-refractivity contribution < 1.29 is 36.0 Å². The Morgan fingerprint density at radius 3 is 2.45 bits per heavy atom. The van der Waals surface area contributed by atoms with Gasteiger partial charge in [-0.2, -0.15) is 13.2 Å². The number of ether oxygens (including phenoxy) is 1. The van der Waals surface area contributed by atoms with Gasteiger partial charge >= 0.3 is 12.3 Å². The number of nitro benzene ring substituents is 1. The lowest BCUT2D eigenvalue weighted by atomic mass is 10.1. The SMILES string of the molecule is CN(C)CC[C@H](CSc1ccccc1)Nc1ccc(S(=O)(=O)Nc2nc(C(F)(F)F)nc3c2CCN(C(=O)OC(C)(C)C)C3)cc1[N+](=O)[O-]. The molecule has 1 atom stereocenters. The fourth-order valence-corrected chi connectivity index (χ4v) is 6.85. The molecule has 2 heterocycles. The minimum atomic E-state index is -5.04. The largest absolute Gasteiger partial charge is 0.451 e. The van der Waals surface area contributed by atoms with E-state index < -0.39 is 55.0 Å². The van der Waals surface area contributed by atoms with Crippen molar-refractivity contribution in [2.75, 3.05) is 43.0 Å². The zero-order valence-electron chi connectivity index (χ0n) is 27.6. The second-order valence-corrected chi connectivity index (χ2v) is 15.3. The maximum Gasteiger partial charge on any atom is 0.451 e. The van der Waals surface area contributed by atoms with E-state index in [0.29, 0.717) is 18.7 Å². The number of carbonyl (C=O) groups is 1. The number of aromatic nitrogens is 2. The fraction of sp³-hybridized carbons (Fsp3) is 0.452.